The van der Waals surface area contributed by atoms with E-state index in [1.807, 2.05) is 45.0 Å². The van der Waals surface area contributed by atoms with Gasteiger partial charge >= 0.3 is 0 Å². The van der Waals surface area contributed by atoms with Crippen molar-refractivity contribution in [3.05, 3.63) is 58.6 Å². The first-order valence-corrected chi connectivity index (χ1v) is 10.2. The molecule has 0 fully saturated rings. The number of methoxy groups -OCH3 is 1. The molecule has 0 bridgehead atoms. The van der Waals surface area contributed by atoms with Gasteiger partial charge in [-0.2, -0.15) is 0 Å². The van der Waals surface area contributed by atoms with Crippen molar-refractivity contribution in [3.8, 4) is 11.5 Å². The number of halogens is 1. The second-order valence-electron chi connectivity index (χ2n) is 7.41. The van der Waals surface area contributed by atoms with Crippen molar-refractivity contribution in [1.82, 2.24) is 10.2 Å². The topological polar surface area (TPSA) is 67.9 Å². The van der Waals surface area contributed by atoms with E-state index in [9.17, 15) is 9.59 Å². The largest absolute Gasteiger partial charge is 0.497 e. The molecule has 0 aliphatic carbocycles. The number of ether oxygens (including phenoxy) is 2. The molecule has 0 radical (unpaired) electrons. The van der Waals surface area contributed by atoms with Gasteiger partial charge in [-0.1, -0.05) is 23.7 Å². The van der Waals surface area contributed by atoms with Crippen LogP contribution in [0.2, 0.25) is 5.02 Å². The smallest absolute Gasteiger partial charge is 0.261 e. The minimum Gasteiger partial charge on any atom is -0.497 e. The van der Waals surface area contributed by atoms with Gasteiger partial charge in [-0.25, -0.2) is 0 Å². The average molecular weight is 433 g/mol. The van der Waals surface area contributed by atoms with Crippen LogP contribution in [0.4, 0.5) is 0 Å². The van der Waals surface area contributed by atoms with Gasteiger partial charge in [0.25, 0.3) is 5.91 Å². The fourth-order valence-corrected chi connectivity index (χ4v) is 3.01. The minimum absolute atomic E-state index is 0.0259. The molecule has 30 heavy (non-hydrogen) atoms. The van der Waals surface area contributed by atoms with Crippen LogP contribution in [0.5, 0.6) is 11.5 Å². The molecular weight excluding hydrogens is 404 g/mol. The third kappa shape index (κ3) is 6.66. The van der Waals surface area contributed by atoms with E-state index in [-0.39, 0.29) is 31.0 Å². The van der Waals surface area contributed by atoms with Gasteiger partial charge in [0.2, 0.25) is 5.91 Å². The Morgan fingerprint density at radius 3 is 2.47 bits per heavy atom. The molecule has 0 saturated carbocycles. The van der Waals surface area contributed by atoms with Gasteiger partial charge in [-0.05, 0) is 69.2 Å². The summed E-state index contributed by atoms with van der Waals surface area (Å²) in [6, 6.07) is 11.9. The lowest BCUT2D eigenvalue weighted by Crippen LogP contribution is -2.50. The van der Waals surface area contributed by atoms with E-state index in [0.29, 0.717) is 16.5 Å². The summed E-state index contributed by atoms with van der Waals surface area (Å²) in [4.78, 5) is 27.1. The van der Waals surface area contributed by atoms with Crippen LogP contribution in [0.3, 0.4) is 0 Å². The number of hydrogen-bond donors (Lipinski definition) is 1. The highest BCUT2D eigenvalue weighted by Gasteiger charge is 2.27. The van der Waals surface area contributed by atoms with Crippen LogP contribution in [-0.2, 0) is 16.1 Å². The first-order valence-electron chi connectivity index (χ1n) is 9.83. The summed E-state index contributed by atoms with van der Waals surface area (Å²) >= 11 is 6.04. The highest BCUT2D eigenvalue weighted by Crippen LogP contribution is 2.21. The summed E-state index contributed by atoms with van der Waals surface area (Å²) in [5.41, 5.74) is 1.72. The standard InChI is InChI=1S/C23H29ClN2O4/c1-15(2)25-23(28)17(4)26(13-18-7-6-8-19(12-18)29-5)22(27)14-30-20-9-10-21(24)16(3)11-20/h6-12,15,17H,13-14H2,1-5H3,(H,25,28)/t17-/m0/s1. The molecule has 0 heterocycles. The minimum atomic E-state index is -0.665. The molecule has 7 heteroatoms. The lowest BCUT2D eigenvalue weighted by Gasteiger charge is -2.29. The SMILES string of the molecule is COc1cccc(CN(C(=O)COc2ccc(Cl)c(C)c2)[C@@H](C)C(=O)NC(C)C)c1. The summed E-state index contributed by atoms with van der Waals surface area (Å²) in [6.45, 7) is 7.40. The summed E-state index contributed by atoms with van der Waals surface area (Å²) < 4.78 is 10.9. The highest BCUT2D eigenvalue weighted by atomic mass is 35.5. The van der Waals surface area contributed by atoms with Crippen LogP contribution in [0.15, 0.2) is 42.5 Å². The molecule has 1 atom stereocenters. The van der Waals surface area contributed by atoms with Crippen LogP contribution < -0.4 is 14.8 Å². The Hall–Kier alpha value is -2.73. The maximum Gasteiger partial charge on any atom is 0.261 e. The third-order valence-corrected chi connectivity index (χ3v) is 5.00. The Morgan fingerprint density at radius 2 is 1.83 bits per heavy atom. The lowest BCUT2D eigenvalue weighted by atomic mass is 10.1. The van der Waals surface area contributed by atoms with Crippen LogP contribution >= 0.6 is 11.6 Å². The summed E-state index contributed by atoms with van der Waals surface area (Å²) in [7, 11) is 1.59. The molecule has 0 aliphatic heterocycles. The van der Waals surface area contributed by atoms with Gasteiger partial charge in [0.1, 0.15) is 17.5 Å². The van der Waals surface area contributed by atoms with Crippen LogP contribution in [0, 0.1) is 6.92 Å². The molecule has 2 aromatic carbocycles. The average Bonchev–Trinajstić information content (AvgIpc) is 2.71. The van der Waals surface area contributed by atoms with Gasteiger partial charge in [0.15, 0.2) is 6.61 Å². The number of carbonyl (C=O) groups is 2. The Labute approximate surface area is 183 Å². The van der Waals surface area contributed by atoms with Crippen LogP contribution in [0.25, 0.3) is 0 Å². The highest BCUT2D eigenvalue weighted by molar-refractivity contribution is 6.31. The van der Waals surface area contributed by atoms with Crippen molar-refractivity contribution >= 4 is 23.4 Å². The molecule has 2 rings (SSSR count). The first kappa shape index (κ1) is 23.5. The predicted octanol–water partition coefficient (Wildman–Crippen LogP) is 3.98. The number of carbonyl (C=O) groups excluding carboxylic acids is 2. The van der Waals surface area contributed by atoms with Crippen molar-refractivity contribution in [2.24, 2.45) is 0 Å². The maximum atomic E-state index is 13.0. The molecule has 162 valence electrons. The zero-order valence-electron chi connectivity index (χ0n) is 18.1. The zero-order chi connectivity index (χ0) is 22.3. The van der Waals surface area contributed by atoms with E-state index in [0.717, 1.165) is 11.1 Å². The van der Waals surface area contributed by atoms with Gasteiger partial charge in [0.05, 0.1) is 7.11 Å². The van der Waals surface area contributed by atoms with Gasteiger partial charge in [-0.15, -0.1) is 0 Å². The maximum absolute atomic E-state index is 13.0. The second-order valence-corrected chi connectivity index (χ2v) is 7.82. The fourth-order valence-electron chi connectivity index (χ4n) is 2.89. The van der Waals surface area contributed by atoms with Crippen molar-refractivity contribution in [1.29, 1.82) is 0 Å². The molecule has 1 N–H and O–H groups in total. The normalized spacial score (nSPS) is 11.7. The molecular formula is C23H29ClN2O4. The van der Waals surface area contributed by atoms with Gasteiger partial charge in [-0.3, -0.25) is 9.59 Å². The Bertz CT molecular complexity index is 885. The zero-order valence-corrected chi connectivity index (χ0v) is 18.8. The Kier molecular flexibility index (Phi) is 8.54. The van der Waals surface area contributed by atoms with Gasteiger partial charge < -0.3 is 19.7 Å². The van der Waals surface area contributed by atoms with Crippen LogP contribution in [-0.4, -0.2) is 42.5 Å². The predicted molar refractivity (Wildman–Crippen MR) is 118 cm³/mol. The molecule has 2 amide bonds. The second kappa shape index (κ2) is 10.9. The summed E-state index contributed by atoms with van der Waals surface area (Å²) in [5.74, 6) is 0.721. The van der Waals surface area contributed by atoms with Crippen LogP contribution in [0.1, 0.15) is 31.9 Å². The van der Waals surface area contributed by atoms with E-state index in [1.165, 1.54) is 4.90 Å². The molecule has 2 aromatic rings. The molecule has 0 unspecified atom stereocenters. The first-order chi connectivity index (χ1) is 14.2. The molecule has 0 aliphatic rings. The molecule has 0 spiro atoms. The monoisotopic (exact) mass is 432 g/mol. The van der Waals surface area contributed by atoms with Crippen molar-refractivity contribution in [2.75, 3.05) is 13.7 Å². The Balaban J connectivity index is 2.18. The van der Waals surface area contributed by atoms with E-state index < -0.39 is 6.04 Å². The number of amides is 2. The fraction of sp³-hybridized carbons (Fsp3) is 0.391. The summed E-state index contributed by atoms with van der Waals surface area (Å²) in [5, 5.41) is 3.49. The van der Waals surface area contributed by atoms with Crippen molar-refractivity contribution < 1.29 is 19.1 Å². The summed E-state index contributed by atoms with van der Waals surface area (Å²) in [6.07, 6.45) is 0. The quantitative estimate of drug-likeness (QED) is 0.650. The number of nitrogens with zero attached hydrogens (tertiary/aromatic N) is 1. The van der Waals surface area contributed by atoms with E-state index in [2.05, 4.69) is 5.32 Å². The number of nitrogens with one attached hydrogen (secondary N) is 1. The van der Waals surface area contributed by atoms with E-state index in [1.54, 1.807) is 32.2 Å². The third-order valence-electron chi connectivity index (χ3n) is 4.58. The van der Waals surface area contributed by atoms with E-state index in [4.69, 9.17) is 21.1 Å². The molecule has 0 aromatic heterocycles. The number of aryl methyl sites for hydroxylation is 1. The lowest BCUT2D eigenvalue weighted by molar-refractivity contribution is -0.142. The Morgan fingerprint density at radius 1 is 1.10 bits per heavy atom. The number of rotatable bonds is 9. The number of benzene rings is 2. The van der Waals surface area contributed by atoms with Crippen molar-refractivity contribution in [2.45, 2.75) is 46.3 Å². The van der Waals surface area contributed by atoms with Crippen molar-refractivity contribution in [3.63, 3.8) is 0 Å². The number of hydrogen-bond acceptors (Lipinski definition) is 4. The molecule has 6 nitrogen and oxygen atoms in total. The molecule has 0 saturated heterocycles. The van der Waals surface area contributed by atoms with E-state index >= 15 is 0 Å². The van der Waals surface area contributed by atoms with Gasteiger partial charge in [0, 0.05) is 17.6 Å².